The van der Waals surface area contributed by atoms with Gasteiger partial charge in [-0.25, -0.2) is 4.68 Å². The summed E-state index contributed by atoms with van der Waals surface area (Å²) in [6, 6.07) is 7.17. The molecule has 1 unspecified atom stereocenters. The van der Waals surface area contributed by atoms with E-state index in [1.54, 1.807) is 36.3 Å². The standard InChI is InChI=1S/C19H23N5O4/c1-12(25)21-10-17(26)23-8-7-13(11-23)18(27)16-9-22-24(19(16)20)14-3-5-15(28-2)6-4-14/h3-6,9,13H,7-8,10-11,20H2,1-2H3,(H,21,25). The van der Waals surface area contributed by atoms with E-state index in [0.29, 0.717) is 30.8 Å². The third-order valence-electron chi connectivity index (χ3n) is 4.79. The summed E-state index contributed by atoms with van der Waals surface area (Å²) in [4.78, 5) is 37.5. The molecule has 3 rings (SSSR count). The van der Waals surface area contributed by atoms with Gasteiger partial charge in [0.25, 0.3) is 0 Å². The quantitative estimate of drug-likeness (QED) is 0.704. The van der Waals surface area contributed by atoms with Gasteiger partial charge in [0.1, 0.15) is 11.6 Å². The minimum absolute atomic E-state index is 0.0617. The zero-order valence-corrected chi connectivity index (χ0v) is 15.8. The number of aromatic nitrogens is 2. The number of benzene rings is 1. The van der Waals surface area contributed by atoms with Crippen LogP contribution in [-0.2, 0) is 9.59 Å². The van der Waals surface area contributed by atoms with Crippen molar-refractivity contribution in [3.63, 3.8) is 0 Å². The molecule has 1 aromatic heterocycles. The SMILES string of the molecule is COc1ccc(-n2ncc(C(=O)C3CCN(C(=O)CNC(C)=O)C3)c2N)cc1. The van der Waals surface area contributed by atoms with Crippen molar-refractivity contribution in [3.8, 4) is 11.4 Å². The van der Waals surface area contributed by atoms with Crippen LogP contribution < -0.4 is 15.8 Å². The Bertz CT molecular complexity index is 890. The number of nitrogens with two attached hydrogens (primary N) is 1. The Balaban J connectivity index is 1.69. The van der Waals surface area contributed by atoms with Gasteiger partial charge in [-0.15, -0.1) is 0 Å². The average molecular weight is 385 g/mol. The molecule has 148 valence electrons. The van der Waals surface area contributed by atoms with Crippen LogP contribution in [0.5, 0.6) is 5.75 Å². The van der Waals surface area contributed by atoms with Gasteiger partial charge in [-0.2, -0.15) is 5.10 Å². The summed E-state index contributed by atoms with van der Waals surface area (Å²) in [6.07, 6.45) is 2.02. The van der Waals surface area contributed by atoms with Crippen molar-refractivity contribution in [2.75, 3.05) is 32.5 Å². The van der Waals surface area contributed by atoms with Gasteiger partial charge < -0.3 is 20.7 Å². The molecule has 1 atom stereocenters. The van der Waals surface area contributed by atoms with Crippen molar-refractivity contribution < 1.29 is 19.1 Å². The maximum Gasteiger partial charge on any atom is 0.241 e. The zero-order chi connectivity index (χ0) is 20.3. The first-order chi connectivity index (χ1) is 13.4. The molecule has 0 spiro atoms. The molecular formula is C19H23N5O4. The number of likely N-dealkylation sites (tertiary alicyclic amines) is 1. The molecule has 1 aromatic carbocycles. The fourth-order valence-electron chi connectivity index (χ4n) is 3.21. The summed E-state index contributed by atoms with van der Waals surface area (Å²) >= 11 is 0. The average Bonchev–Trinajstić information content (AvgIpc) is 3.33. The molecule has 28 heavy (non-hydrogen) atoms. The van der Waals surface area contributed by atoms with Crippen LogP contribution in [0.3, 0.4) is 0 Å². The number of amides is 2. The van der Waals surface area contributed by atoms with E-state index in [0.717, 1.165) is 5.69 Å². The molecular weight excluding hydrogens is 362 g/mol. The second-order valence-electron chi connectivity index (χ2n) is 6.65. The maximum absolute atomic E-state index is 12.9. The van der Waals surface area contributed by atoms with Crippen LogP contribution in [0.15, 0.2) is 30.5 Å². The van der Waals surface area contributed by atoms with Crippen LogP contribution in [0.1, 0.15) is 23.7 Å². The van der Waals surface area contributed by atoms with Crippen LogP contribution in [0.2, 0.25) is 0 Å². The number of ketones is 1. The highest BCUT2D eigenvalue weighted by molar-refractivity contribution is 6.02. The van der Waals surface area contributed by atoms with Gasteiger partial charge in [0.15, 0.2) is 5.78 Å². The smallest absolute Gasteiger partial charge is 0.241 e. The van der Waals surface area contributed by atoms with E-state index in [-0.39, 0.29) is 35.9 Å². The molecule has 2 aromatic rings. The van der Waals surface area contributed by atoms with Crippen LogP contribution in [-0.4, -0.2) is 59.0 Å². The molecule has 1 aliphatic heterocycles. The zero-order valence-electron chi connectivity index (χ0n) is 15.8. The van der Waals surface area contributed by atoms with Crippen molar-refractivity contribution in [1.29, 1.82) is 0 Å². The molecule has 0 aliphatic carbocycles. The van der Waals surface area contributed by atoms with Gasteiger partial charge in [0, 0.05) is 25.9 Å². The van der Waals surface area contributed by atoms with Gasteiger partial charge >= 0.3 is 0 Å². The molecule has 1 aliphatic rings. The highest BCUT2D eigenvalue weighted by atomic mass is 16.5. The third-order valence-corrected chi connectivity index (χ3v) is 4.79. The number of Topliss-reactive ketones (excluding diaryl/α,β-unsaturated/α-hetero) is 1. The Morgan fingerprint density at radius 1 is 1.29 bits per heavy atom. The normalized spacial score (nSPS) is 16.1. The molecule has 9 heteroatoms. The van der Waals surface area contributed by atoms with Crippen molar-refractivity contribution in [1.82, 2.24) is 20.0 Å². The molecule has 1 saturated heterocycles. The Hall–Kier alpha value is -3.36. The van der Waals surface area contributed by atoms with Gasteiger partial charge in [0.2, 0.25) is 11.8 Å². The van der Waals surface area contributed by atoms with E-state index >= 15 is 0 Å². The maximum atomic E-state index is 12.9. The van der Waals surface area contributed by atoms with Crippen LogP contribution in [0.4, 0.5) is 5.82 Å². The second kappa shape index (κ2) is 8.12. The fourth-order valence-corrected chi connectivity index (χ4v) is 3.21. The fraction of sp³-hybridized carbons (Fsp3) is 0.368. The number of nitrogens with zero attached hydrogens (tertiary/aromatic N) is 3. The van der Waals surface area contributed by atoms with Gasteiger partial charge in [-0.1, -0.05) is 0 Å². The summed E-state index contributed by atoms with van der Waals surface area (Å²) < 4.78 is 6.64. The minimum atomic E-state index is -0.336. The van der Waals surface area contributed by atoms with Gasteiger partial charge in [-0.05, 0) is 30.7 Å². The largest absolute Gasteiger partial charge is 0.497 e. The van der Waals surface area contributed by atoms with Crippen molar-refractivity contribution in [2.24, 2.45) is 5.92 Å². The van der Waals surface area contributed by atoms with E-state index < -0.39 is 0 Å². The van der Waals surface area contributed by atoms with E-state index in [1.807, 2.05) is 0 Å². The highest BCUT2D eigenvalue weighted by Crippen LogP contribution is 2.26. The monoisotopic (exact) mass is 385 g/mol. The summed E-state index contributed by atoms with van der Waals surface area (Å²) in [7, 11) is 1.58. The number of nitrogens with one attached hydrogen (secondary N) is 1. The molecule has 0 radical (unpaired) electrons. The number of carbonyl (C=O) groups is 3. The highest BCUT2D eigenvalue weighted by Gasteiger charge is 2.33. The van der Waals surface area contributed by atoms with Crippen LogP contribution in [0.25, 0.3) is 5.69 Å². The molecule has 2 heterocycles. The predicted molar refractivity (Wildman–Crippen MR) is 102 cm³/mol. The van der Waals surface area contributed by atoms with E-state index in [9.17, 15) is 14.4 Å². The van der Waals surface area contributed by atoms with Gasteiger partial charge in [-0.3, -0.25) is 14.4 Å². The number of nitrogen functional groups attached to an aromatic ring is 1. The number of hydrogen-bond acceptors (Lipinski definition) is 6. The summed E-state index contributed by atoms with van der Waals surface area (Å²) in [5, 5.41) is 6.72. The number of ether oxygens (including phenoxy) is 1. The first-order valence-corrected chi connectivity index (χ1v) is 8.95. The Morgan fingerprint density at radius 3 is 2.64 bits per heavy atom. The van der Waals surface area contributed by atoms with Crippen LogP contribution in [0, 0.1) is 5.92 Å². The van der Waals surface area contributed by atoms with Crippen molar-refractivity contribution >= 4 is 23.4 Å². The Kier molecular flexibility index (Phi) is 5.62. The van der Waals surface area contributed by atoms with Crippen molar-refractivity contribution in [3.05, 3.63) is 36.0 Å². The Morgan fingerprint density at radius 2 is 2.00 bits per heavy atom. The number of carbonyl (C=O) groups excluding carboxylic acids is 3. The third kappa shape index (κ3) is 3.98. The van der Waals surface area contributed by atoms with Crippen molar-refractivity contribution in [2.45, 2.75) is 13.3 Å². The van der Waals surface area contributed by atoms with Crippen LogP contribution >= 0.6 is 0 Å². The van der Waals surface area contributed by atoms with E-state index in [1.165, 1.54) is 17.8 Å². The number of rotatable bonds is 6. The lowest BCUT2D eigenvalue weighted by atomic mass is 9.98. The first kappa shape index (κ1) is 19.4. The van der Waals surface area contributed by atoms with E-state index in [4.69, 9.17) is 10.5 Å². The number of hydrogen-bond donors (Lipinski definition) is 2. The van der Waals surface area contributed by atoms with Gasteiger partial charge in [0.05, 0.1) is 31.1 Å². The molecule has 3 N–H and O–H groups in total. The molecule has 2 amide bonds. The molecule has 0 bridgehead atoms. The topological polar surface area (TPSA) is 120 Å². The Labute approximate surface area is 162 Å². The minimum Gasteiger partial charge on any atom is -0.497 e. The lowest BCUT2D eigenvalue weighted by Crippen LogP contribution is -2.38. The molecule has 1 fully saturated rings. The first-order valence-electron chi connectivity index (χ1n) is 8.95. The summed E-state index contributed by atoms with van der Waals surface area (Å²) in [6.45, 7) is 2.08. The predicted octanol–water partition coefficient (Wildman–Crippen LogP) is 0.630. The summed E-state index contributed by atoms with van der Waals surface area (Å²) in [5.41, 5.74) is 7.23. The second-order valence-corrected chi connectivity index (χ2v) is 6.65. The summed E-state index contributed by atoms with van der Waals surface area (Å²) in [5.74, 6) is 0.0365. The van der Waals surface area contributed by atoms with E-state index in [2.05, 4.69) is 10.4 Å². The number of methoxy groups -OCH3 is 1. The molecule has 0 saturated carbocycles. The lowest BCUT2D eigenvalue weighted by molar-refractivity contribution is -0.131. The lowest BCUT2D eigenvalue weighted by Gasteiger charge is -2.16. The number of anilines is 1. The molecule has 9 nitrogen and oxygen atoms in total.